The number of carbonyl (C=O) groups is 1. The van der Waals surface area contributed by atoms with Crippen LogP contribution in [-0.4, -0.2) is 31.0 Å². The van der Waals surface area contributed by atoms with Gasteiger partial charge in [-0.3, -0.25) is 14.9 Å². The number of nitrogens with zero attached hydrogens (tertiary/aromatic N) is 2. The van der Waals surface area contributed by atoms with Gasteiger partial charge in [0.15, 0.2) is 6.79 Å². The summed E-state index contributed by atoms with van der Waals surface area (Å²) in [5, 5.41) is 11.2. The maximum Gasteiger partial charge on any atom is 0.270 e. The van der Waals surface area contributed by atoms with Gasteiger partial charge in [-0.15, -0.1) is 0 Å². The Hall–Kier alpha value is -3.02. The first-order chi connectivity index (χ1) is 13.3. The molecule has 1 aromatic carbocycles. The van der Waals surface area contributed by atoms with Crippen molar-refractivity contribution in [2.75, 3.05) is 6.79 Å². The number of hydrogen-bond acceptors (Lipinski definition) is 8. The van der Waals surface area contributed by atoms with E-state index in [1.807, 2.05) is 4.72 Å². The minimum Gasteiger partial charge on any atom is -0.467 e. The van der Waals surface area contributed by atoms with Crippen LogP contribution in [0, 0.1) is 10.1 Å². The number of nitrogens with one attached hydrogen (secondary N) is 1. The van der Waals surface area contributed by atoms with Crippen molar-refractivity contribution in [2.24, 2.45) is 0 Å². The van der Waals surface area contributed by atoms with Crippen molar-refractivity contribution < 1.29 is 27.6 Å². The van der Waals surface area contributed by atoms with Gasteiger partial charge in [0.2, 0.25) is 0 Å². The maximum absolute atomic E-state index is 12.2. The number of rotatable bonds is 5. The Morgan fingerprint density at radius 2 is 2.14 bits per heavy atom. The average molecular weight is 426 g/mol. The molecular formula is C16H12ClN3O7S. The summed E-state index contributed by atoms with van der Waals surface area (Å²) in [6.45, 7) is 0.0673. The molecule has 28 heavy (non-hydrogen) atoms. The summed E-state index contributed by atoms with van der Waals surface area (Å²) in [4.78, 5) is 25.9. The molecule has 2 heterocycles. The van der Waals surface area contributed by atoms with Crippen LogP contribution in [-0.2, 0) is 26.2 Å². The molecule has 0 saturated heterocycles. The van der Waals surface area contributed by atoms with Gasteiger partial charge in [0.25, 0.3) is 21.6 Å². The Bertz CT molecular complexity index is 1070. The quantitative estimate of drug-likeness (QED) is 0.332. The Morgan fingerprint density at radius 3 is 2.82 bits per heavy atom. The zero-order valence-corrected chi connectivity index (χ0v) is 15.6. The monoisotopic (exact) mass is 425 g/mol. The number of aromatic nitrogens is 1. The summed E-state index contributed by atoms with van der Waals surface area (Å²) in [5.41, 5.74) is 0.473. The number of hydrogen-bond donors (Lipinski definition) is 1. The van der Waals surface area contributed by atoms with E-state index in [4.69, 9.17) is 21.1 Å². The van der Waals surface area contributed by atoms with Gasteiger partial charge in [-0.25, -0.2) is 18.1 Å². The molecule has 2 aromatic rings. The molecule has 1 amide bonds. The van der Waals surface area contributed by atoms with Gasteiger partial charge < -0.3 is 9.47 Å². The number of ether oxygens (including phenoxy) is 2. The van der Waals surface area contributed by atoms with E-state index in [9.17, 15) is 23.3 Å². The lowest BCUT2D eigenvalue weighted by Crippen LogP contribution is -2.29. The van der Waals surface area contributed by atoms with Crippen LogP contribution in [0.2, 0.25) is 5.15 Å². The number of halogens is 1. The number of non-ortho nitro benzene ring substituents is 1. The SMILES string of the molecule is O=C(/C=C/c1cc([N+](=O)[O-])cc2c1OCOC2)NS(=O)(=O)c1ccc(Cl)nc1. The summed E-state index contributed by atoms with van der Waals surface area (Å²) >= 11 is 5.60. The molecule has 0 spiro atoms. The van der Waals surface area contributed by atoms with E-state index in [2.05, 4.69) is 4.98 Å². The molecule has 10 nitrogen and oxygen atoms in total. The van der Waals surface area contributed by atoms with E-state index in [0.29, 0.717) is 11.3 Å². The zero-order valence-electron chi connectivity index (χ0n) is 14.0. The van der Waals surface area contributed by atoms with Crippen molar-refractivity contribution >= 4 is 39.3 Å². The highest BCUT2D eigenvalue weighted by molar-refractivity contribution is 7.90. The Labute approximate surface area is 163 Å². The van der Waals surface area contributed by atoms with E-state index in [-0.39, 0.29) is 34.7 Å². The van der Waals surface area contributed by atoms with Gasteiger partial charge in [0.05, 0.1) is 11.5 Å². The third-order valence-electron chi connectivity index (χ3n) is 3.59. The number of nitro groups is 1. The molecule has 0 atom stereocenters. The molecule has 3 rings (SSSR count). The highest BCUT2D eigenvalue weighted by atomic mass is 35.5. The molecule has 0 saturated carbocycles. The highest BCUT2D eigenvalue weighted by Crippen LogP contribution is 2.33. The standard InChI is InChI=1S/C16H12ClN3O7S/c17-14-3-2-13(7-18-14)28(24,25)19-15(21)4-1-10-5-12(20(22)23)6-11-8-26-9-27-16(10)11/h1-7H,8-9H2,(H,19,21)/b4-1+. The van der Waals surface area contributed by atoms with Crippen molar-refractivity contribution in [1.29, 1.82) is 0 Å². The molecule has 0 radical (unpaired) electrons. The summed E-state index contributed by atoms with van der Waals surface area (Å²) in [6, 6.07) is 4.99. The molecule has 1 aromatic heterocycles. The topological polar surface area (TPSA) is 138 Å². The van der Waals surface area contributed by atoms with Crippen LogP contribution in [0.1, 0.15) is 11.1 Å². The second-order valence-corrected chi connectivity index (χ2v) is 7.58. The van der Waals surface area contributed by atoms with Crippen molar-refractivity contribution in [3.63, 3.8) is 0 Å². The Kier molecular flexibility index (Phi) is 5.58. The fourth-order valence-electron chi connectivity index (χ4n) is 2.37. The smallest absolute Gasteiger partial charge is 0.270 e. The fraction of sp³-hybridized carbons (Fsp3) is 0.125. The molecule has 0 unspecified atom stereocenters. The van der Waals surface area contributed by atoms with Gasteiger partial charge in [-0.05, 0) is 18.2 Å². The van der Waals surface area contributed by atoms with E-state index >= 15 is 0 Å². The largest absolute Gasteiger partial charge is 0.467 e. The molecular weight excluding hydrogens is 414 g/mol. The van der Waals surface area contributed by atoms with Crippen LogP contribution in [0.4, 0.5) is 5.69 Å². The number of carbonyl (C=O) groups excluding carboxylic acids is 1. The number of benzene rings is 1. The summed E-state index contributed by atoms with van der Waals surface area (Å²) in [6.07, 6.45) is 3.16. The van der Waals surface area contributed by atoms with Crippen molar-refractivity contribution in [3.05, 3.63) is 62.9 Å². The lowest BCUT2D eigenvalue weighted by atomic mass is 10.1. The van der Waals surface area contributed by atoms with Crippen LogP contribution in [0.3, 0.4) is 0 Å². The van der Waals surface area contributed by atoms with Crippen molar-refractivity contribution in [3.8, 4) is 5.75 Å². The maximum atomic E-state index is 12.2. The molecule has 0 fully saturated rings. The van der Waals surface area contributed by atoms with Gasteiger partial charge in [-0.1, -0.05) is 11.6 Å². The van der Waals surface area contributed by atoms with Crippen LogP contribution < -0.4 is 9.46 Å². The predicted molar refractivity (Wildman–Crippen MR) is 97.0 cm³/mol. The third kappa shape index (κ3) is 4.44. The zero-order chi connectivity index (χ0) is 20.3. The van der Waals surface area contributed by atoms with E-state index < -0.39 is 20.9 Å². The number of sulfonamides is 1. The first-order valence-corrected chi connectivity index (χ1v) is 9.50. The first-order valence-electron chi connectivity index (χ1n) is 7.64. The van der Waals surface area contributed by atoms with Crippen LogP contribution in [0.15, 0.2) is 41.4 Å². The lowest BCUT2D eigenvalue weighted by molar-refractivity contribution is -0.385. The molecule has 0 aliphatic carbocycles. The normalized spacial score (nSPS) is 13.6. The van der Waals surface area contributed by atoms with Crippen molar-refractivity contribution in [1.82, 2.24) is 9.71 Å². The summed E-state index contributed by atoms with van der Waals surface area (Å²) < 4.78 is 36.6. The van der Waals surface area contributed by atoms with Gasteiger partial charge >= 0.3 is 0 Å². The van der Waals surface area contributed by atoms with Gasteiger partial charge in [0.1, 0.15) is 15.8 Å². The summed E-state index contributed by atoms with van der Waals surface area (Å²) in [7, 11) is -4.15. The number of pyridine rings is 1. The number of fused-ring (bicyclic) bond motifs is 1. The molecule has 12 heteroatoms. The van der Waals surface area contributed by atoms with Crippen molar-refractivity contribution in [2.45, 2.75) is 11.5 Å². The molecule has 1 aliphatic heterocycles. The van der Waals surface area contributed by atoms with Gasteiger partial charge in [-0.2, -0.15) is 0 Å². The molecule has 1 N–H and O–H groups in total. The van der Waals surface area contributed by atoms with Crippen LogP contribution in [0.25, 0.3) is 6.08 Å². The van der Waals surface area contributed by atoms with Crippen LogP contribution >= 0.6 is 11.6 Å². The average Bonchev–Trinajstić information content (AvgIpc) is 2.65. The second kappa shape index (κ2) is 7.92. The molecule has 146 valence electrons. The van der Waals surface area contributed by atoms with Crippen LogP contribution in [0.5, 0.6) is 5.75 Å². The Balaban J connectivity index is 1.83. The number of amides is 1. The highest BCUT2D eigenvalue weighted by Gasteiger charge is 2.21. The van der Waals surface area contributed by atoms with E-state index in [1.54, 1.807) is 0 Å². The molecule has 0 bridgehead atoms. The van der Waals surface area contributed by atoms with E-state index in [1.165, 1.54) is 30.3 Å². The Morgan fingerprint density at radius 1 is 1.36 bits per heavy atom. The number of nitro benzene ring substituents is 1. The molecule has 1 aliphatic rings. The third-order valence-corrected chi connectivity index (χ3v) is 5.15. The second-order valence-electron chi connectivity index (χ2n) is 5.51. The summed E-state index contributed by atoms with van der Waals surface area (Å²) in [5.74, 6) is -0.632. The van der Waals surface area contributed by atoms with Gasteiger partial charge in [0, 0.05) is 35.5 Å². The minimum absolute atomic E-state index is 0.0458. The lowest BCUT2D eigenvalue weighted by Gasteiger charge is -2.19. The first kappa shape index (κ1) is 19.7. The fourth-order valence-corrected chi connectivity index (χ4v) is 3.37. The minimum atomic E-state index is -4.15. The predicted octanol–water partition coefficient (Wildman–Crippen LogP) is 2.03. The van der Waals surface area contributed by atoms with E-state index in [0.717, 1.165) is 12.3 Å².